The molecule has 2 fully saturated rings. The lowest BCUT2D eigenvalue weighted by molar-refractivity contribution is -0.140. The monoisotopic (exact) mass is 372 g/mol. The van der Waals surface area contributed by atoms with Crippen LogP contribution in [0.25, 0.3) is 0 Å². The van der Waals surface area contributed by atoms with Crippen molar-refractivity contribution in [3.05, 3.63) is 23.9 Å². The van der Waals surface area contributed by atoms with Gasteiger partial charge in [0.25, 0.3) is 0 Å². The molecule has 9 nitrogen and oxygen atoms in total. The Hall–Kier alpha value is -2.71. The van der Waals surface area contributed by atoms with Gasteiger partial charge in [0.15, 0.2) is 11.8 Å². The highest BCUT2D eigenvalue weighted by molar-refractivity contribution is 6.06. The number of nitrogens with zero attached hydrogens (tertiary/aromatic N) is 4. The number of aromatic nitrogens is 2. The molecule has 0 radical (unpaired) electrons. The molecule has 144 valence electrons. The van der Waals surface area contributed by atoms with Gasteiger partial charge in [-0.3, -0.25) is 19.5 Å². The van der Waals surface area contributed by atoms with Gasteiger partial charge in [0.05, 0.1) is 18.4 Å². The van der Waals surface area contributed by atoms with Gasteiger partial charge in [-0.2, -0.15) is 4.98 Å². The van der Waals surface area contributed by atoms with Crippen molar-refractivity contribution in [3.8, 4) is 0 Å². The number of allylic oxidation sites excluding steroid dienone is 2. The maximum Gasteiger partial charge on any atom is 0.233 e. The summed E-state index contributed by atoms with van der Waals surface area (Å²) in [6.45, 7) is 3.18. The van der Waals surface area contributed by atoms with E-state index in [0.717, 1.165) is 6.42 Å². The van der Waals surface area contributed by atoms with E-state index in [1.807, 2.05) is 0 Å². The lowest BCUT2D eigenvalue weighted by Crippen LogP contribution is -2.39. The normalized spacial score (nSPS) is 29.0. The fraction of sp³-hybridized carbons (Fsp3) is 0.611. The molecule has 4 rings (SSSR count). The van der Waals surface area contributed by atoms with Crippen LogP contribution in [0.15, 0.2) is 21.7 Å². The maximum absolute atomic E-state index is 12.6. The number of amides is 2. The molecule has 1 saturated carbocycles. The van der Waals surface area contributed by atoms with Gasteiger partial charge >= 0.3 is 0 Å². The quantitative estimate of drug-likeness (QED) is 0.242. The molecule has 1 saturated heterocycles. The molecule has 4 unspecified atom stereocenters. The molecule has 27 heavy (non-hydrogen) atoms. The third-order valence-corrected chi connectivity index (χ3v) is 5.62. The number of carbonyl (C=O) groups is 2. The molecular formula is C18H24N6O3. The summed E-state index contributed by atoms with van der Waals surface area (Å²) in [6, 6.07) is 0. The minimum absolute atomic E-state index is 0.0110. The average molecular weight is 372 g/mol. The van der Waals surface area contributed by atoms with Gasteiger partial charge < -0.3 is 15.2 Å². The Morgan fingerprint density at radius 2 is 1.96 bits per heavy atom. The number of rotatable bonds is 6. The third-order valence-electron chi connectivity index (χ3n) is 5.62. The van der Waals surface area contributed by atoms with Crippen molar-refractivity contribution >= 4 is 17.8 Å². The number of nitrogens with one attached hydrogen (secondary N) is 2. The summed E-state index contributed by atoms with van der Waals surface area (Å²) in [7, 11) is 1.67. The van der Waals surface area contributed by atoms with Crippen molar-refractivity contribution < 1.29 is 14.1 Å². The van der Waals surface area contributed by atoms with E-state index in [1.165, 1.54) is 4.90 Å². The maximum atomic E-state index is 12.6. The number of fused-ring (bicyclic) bond motifs is 5. The second-order valence-electron chi connectivity index (χ2n) is 7.26. The van der Waals surface area contributed by atoms with Crippen molar-refractivity contribution in [1.82, 2.24) is 25.7 Å². The van der Waals surface area contributed by atoms with Crippen LogP contribution in [-0.4, -0.2) is 53.0 Å². The largest absolute Gasteiger partial charge is 0.356 e. The van der Waals surface area contributed by atoms with Crippen LogP contribution in [0.1, 0.15) is 24.6 Å². The molecule has 2 aliphatic carbocycles. The topological polar surface area (TPSA) is 113 Å². The minimum atomic E-state index is -0.117. The van der Waals surface area contributed by atoms with Crippen LogP contribution in [-0.2, 0) is 16.1 Å². The first-order valence-electron chi connectivity index (χ1n) is 9.35. The summed E-state index contributed by atoms with van der Waals surface area (Å²) in [4.78, 5) is 35.0. The van der Waals surface area contributed by atoms with Gasteiger partial charge in [0, 0.05) is 27.1 Å². The molecule has 9 heteroatoms. The van der Waals surface area contributed by atoms with Crippen LogP contribution < -0.4 is 10.6 Å². The third kappa shape index (κ3) is 3.22. The predicted octanol–water partition coefficient (Wildman–Crippen LogP) is 0.240. The van der Waals surface area contributed by atoms with Gasteiger partial charge in [0.1, 0.15) is 0 Å². The second-order valence-corrected chi connectivity index (χ2v) is 7.26. The van der Waals surface area contributed by atoms with E-state index in [9.17, 15) is 9.59 Å². The van der Waals surface area contributed by atoms with Crippen LogP contribution in [0.4, 0.5) is 0 Å². The molecule has 2 amide bonds. The molecule has 4 atom stereocenters. The van der Waals surface area contributed by atoms with Gasteiger partial charge in [-0.1, -0.05) is 17.3 Å². The van der Waals surface area contributed by atoms with E-state index in [4.69, 9.17) is 4.52 Å². The van der Waals surface area contributed by atoms with Crippen molar-refractivity contribution in [2.24, 2.45) is 28.7 Å². The first-order valence-corrected chi connectivity index (χ1v) is 9.35. The number of carbonyl (C=O) groups excluding carboxylic acids is 2. The summed E-state index contributed by atoms with van der Waals surface area (Å²) >= 11 is 0. The summed E-state index contributed by atoms with van der Waals surface area (Å²) in [5, 5.41) is 10.1. The van der Waals surface area contributed by atoms with Crippen molar-refractivity contribution in [3.63, 3.8) is 0 Å². The Morgan fingerprint density at radius 1 is 1.26 bits per heavy atom. The van der Waals surface area contributed by atoms with Crippen LogP contribution in [0, 0.1) is 30.6 Å². The highest BCUT2D eigenvalue weighted by Crippen LogP contribution is 2.52. The van der Waals surface area contributed by atoms with Crippen LogP contribution in [0.2, 0.25) is 0 Å². The van der Waals surface area contributed by atoms with Gasteiger partial charge in [0.2, 0.25) is 17.7 Å². The molecule has 1 aromatic heterocycles. The molecule has 0 spiro atoms. The Morgan fingerprint density at radius 3 is 2.56 bits per heavy atom. The number of aryl methyl sites for hydroxylation is 1. The summed E-state index contributed by atoms with van der Waals surface area (Å²) < 4.78 is 4.92. The molecule has 0 aromatic carbocycles. The first kappa shape index (κ1) is 17.7. The van der Waals surface area contributed by atoms with E-state index in [0.29, 0.717) is 43.7 Å². The number of imide groups is 1. The molecule has 2 heterocycles. The lowest BCUT2D eigenvalue weighted by Gasteiger charge is -2.17. The zero-order valence-corrected chi connectivity index (χ0v) is 15.5. The summed E-state index contributed by atoms with van der Waals surface area (Å²) in [6.07, 6.45) is 5.86. The molecule has 2 N–H and O–H groups in total. The molecule has 1 aromatic rings. The van der Waals surface area contributed by atoms with E-state index in [-0.39, 0.29) is 35.5 Å². The molecule has 3 aliphatic rings. The smallest absolute Gasteiger partial charge is 0.233 e. The highest BCUT2D eigenvalue weighted by Gasteiger charge is 2.58. The van der Waals surface area contributed by atoms with Crippen molar-refractivity contribution in [2.45, 2.75) is 26.3 Å². The van der Waals surface area contributed by atoms with E-state index >= 15 is 0 Å². The summed E-state index contributed by atoms with van der Waals surface area (Å²) in [5.74, 6) is 1.99. The number of likely N-dealkylation sites (tertiary alicyclic amines) is 1. The fourth-order valence-corrected chi connectivity index (χ4v) is 4.42. The average Bonchev–Trinajstić information content (AvgIpc) is 3.42. The lowest BCUT2D eigenvalue weighted by atomic mass is 9.85. The van der Waals surface area contributed by atoms with Crippen LogP contribution >= 0.6 is 0 Å². The molecular weight excluding hydrogens is 348 g/mol. The van der Waals surface area contributed by atoms with Crippen LogP contribution in [0.3, 0.4) is 0 Å². The first-order chi connectivity index (χ1) is 13.1. The Kier molecular flexibility index (Phi) is 4.67. The highest BCUT2D eigenvalue weighted by atomic mass is 16.5. The van der Waals surface area contributed by atoms with Gasteiger partial charge in [-0.15, -0.1) is 0 Å². The summed E-state index contributed by atoms with van der Waals surface area (Å²) in [5.41, 5.74) is 0. The predicted molar refractivity (Wildman–Crippen MR) is 96.3 cm³/mol. The Balaban J connectivity index is 1.22. The van der Waals surface area contributed by atoms with Crippen molar-refractivity contribution in [2.75, 3.05) is 20.1 Å². The Labute approximate surface area is 157 Å². The standard InChI is InChI=1S/C18H24N6O3/c1-10-22-13(23-27-10)9-21-18(19-2)20-6-3-7-24-16(25)14-11-4-5-12(8-11)15(14)17(24)26/h4-5,11-12,14-15H,3,6-9H2,1-2H3,(H2,19,20,21). The van der Waals surface area contributed by atoms with Gasteiger partial charge in [-0.05, 0) is 24.7 Å². The Bertz CT molecular complexity index is 771. The number of aliphatic imine (C=N–C) groups is 1. The van der Waals surface area contributed by atoms with Gasteiger partial charge in [-0.25, -0.2) is 0 Å². The molecule has 1 aliphatic heterocycles. The number of guanidine groups is 1. The second kappa shape index (κ2) is 7.13. The minimum Gasteiger partial charge on any atom is -0.356 e. The van der Waals surface area contributed by atoms with E-state index < -0.39 is 0 Å². The van der Waals surface area contributed by atoms with Crippen LogP contribution in [0.5, 0.6) is 0 Å². The zero-order valence-electron chi connectivity index (χ0n) is 15.5. The number of hydrogen-bond acceptors (Lipinski definition) is 6. The SMILES string of the molecule is CN=C(NCCCN1C(=O)C2C3C=CC(C3)C2C1=O)NCc1noc(C)n1. The van der Waals surface area contributed by atoms with E-state index in [2.05, 4.69) is 37.9 Å². The van der Waals surface area contributed by atoms with Crippen molar-refractivity contribution in [1.29, 1.82) is 0 Å². The fourth-order valence-electron chi connectivity index (χ4n) is 4.42. The molecule has 2 bridgehead atoms. The van der Waals surface area contributed by atoms with E-state index in [1.54, 1.807) is 14.0 Å². The number of hydrogen-bond donors (Lipinski definition) is 2. The zero-order chi connectivity index (χ0) is 19.0.